The number of alkyl halides is 6. The normalized spacial score (nSPS) is 14.4. The topological polar surface area (TPSA) is 122 Å². The maximum atomic E-state index is 14.8. The first-order valence-electron chi connectivity index (χ1n) is 13.2. The molecule has 6 rings (SSSR count). The zero-order valence-electron chi connectivity index (χ0n) is 23.1. The summed E-state index contributed by atoms with van der Waals surface area (Å²) in [4.78, 5) is 17.4. The predicted octanol–water partition coefficient (Wildman–Crippen LogP) is 5.05. The molecule has 0 saturated heterocycles. The Morgan fingerprint density at radius 3 is 2.36 bits per heavy atom. The van der Waals surface area contributed by atoms with Gasteiger partial charge in [0.15, 0.2) is 17.2 Å². The fourth-order valence-electron chi connectivity index (χ4n) is 4.88. The molecule has 0 radical (unpaired) electrons. The Kier molecular flexibility index (Phi) is 7.25. The number of imidazole rings is 1. The van der Waals surface area contributed by atoms with Gasteiger partial charge in [0.05, 0.1) is 38.3 Å². The number of benzene rings is 1. The molecule has 230 valence electrons. The first kappa shape index (κ1) is 29.1. The van der Waals surface area contributed by atoms with E-state index >= 15 is 0 Å². The summed E-state index contributed by atoms with van der Waals surface area (Å²) in [6.07, 6.45) is -6.68. The van der Waals surface area contributed by atoms with E-state index in [0.717, 1.165) is 29.8 Å². The predicted molar refractivity (Wildman–Crippen MR) is 141 cm³/mol. The summed E-state index contributed by atoms with van der Waals surface area (Å²) in [6, 6.07) is 6.79. The molecule has 1 saturated carbocycles. The Bertz CT molecular complexity index is 1900. The third kappa shape index (κ3) is 5.11. The van der Waals surface area contributed by atoms with Crippen molar-refractivity contribution in [2.24, 2.45) is 0 Å². The molecular formula is C27H23F6N9O2. The zero-order chi connectivity index (χ0) is 31.3. The molecule has 17 heteroatoms. The fraction of sp³-hybridized carbons (Fsp3) is 0.333. The van der Waals surface area contributed by atoms with Crippen LogP contribution in [0.25, 0.3) is 28.2 Å². The van der Waals surface area contributed by atoms with Crippen LogP contribution in [0.5, 0.6) is 11.8 Å². The van der Waals surface area contributed by atoms with Crippen LogP contribution in [-0.2, 0) is 12.7 Å². The highest BCUT2D eigenvalue weighted by atomic mass is 19.4. The van der Waals surface area contributed by atoms with Crippen molar-refractivity contribution in [3.63, 3.8) is 0 Å². The molecule has 1 aromatic carbocycles. The van der Waals surface area contributed by atoms with E-state index in [2.05, 4.69) is 25.0 Å². The van der Waals surface area contributed by atoms with Gasteiger partial charge >= 0.3 is 6.18 Å². The molecule has 1 unspecified atom stereocenters. The number of fused-ring (bicyclic) bond motifs is 1. The van der Waals surface area contributed by atoms with Gasteiger partial charge in [-0.05, 0) is 30.5 Å². The van der Waals surface area contributed by atoms with Crippen molar-refractivity contribution in [3.8, 4) is 28.8 Å². The first-order chi connectivity index (χ1) is 21.0. The van der Waals surface area contributed by atoms with Gasteiger partial charge in [-0.25, -0.2) is 37.8 Å². The zero-order valence-corrected chi connectivity index (χ0v) is 23.1. The first-order valence-corrected chi connectivity index (χ1v) is 13.2. The molecule has 0 amide bonds. The second-order valence-corrected chi connectivity index (χ2v) is 9.95. The van der Waals surface area contributed by atoms with Crippen molar-refractivity contribution in [2.75, 3.05) is 14.2 Å². The highest BCUT2D eigenvalue weighted by Gasteiger charge is 2.36. The number of rotatable bonds is 9. The lowest BCUT2D eigenvalue weighted by atomic mass is 10.1. The quantitative estimate of drug-likeness (QED) is 0.229. The number of hydrogen-bond donors (Lipinski definition) is 1. The SMILES string of the molecule is COc1ncnc(C2CC2)c1-c1ncc2c(n1)n(Cc1ccc(-n3nc(C(F)(F)F)cc3OC)cc1)c(=N)n2C(F)C(F)F. The van der Waals surface area contributed by atoms with E-state index < -0.39 is 30.2 Å². The standard InChI is InChI=1S/C27H23F6N9O2/c1-43-18-9-17(27(31,32)33)39-42(18)15-7-3-13(4-8-15)11-40-24-16(41(26(40)34)22(30)21(28)29)10-35-23(38-24)19-20(14-5-6-14)36-12-37-25(19)44-2/h3-4,7-10,12,14,21-22,34H,5-6,11H2,1-2H3. The Morgan fingerprint density at radius 1 is 1.02 bits per heavy atom. The van der Waals surface area contributed by atoms with Crippen molar-refractivity contribution >= 4 is 11.2 Å². The van der Waals surface area contributed by atoms with E-state index in [0.29, 0.717) is 21.4 Å². The van der Waals surface area contributed by atoms with Crippen LogP contribution in [0.3, 0.4) is 0 Å². The molecular weight excluding hydrogens is 596 g/mol. The van der Waals surface area contributed by atoms with E-state index in [4.69, 9.17) is 14.9 Å². The van der Waals surface area contributed by atoms with Gasteiger partial charge in [-0.2, -0.15) is 18.3 Å². The van der Waals surface area contributed by atoms with Crippen LogP contribution in [0.15, 0.2) is 42.9 Å². The smallest absolute Gasteiger partial charge is 0.435 e. The Morgan fingerprint density at radius 2 is 1.75 bits per heavy atom. The fourth-order valence-corrected chi connectivity index (χ4v) is 4.88. The lowest BCUT2D eigenvalue weighted by Gasteiger charge is -2.11. The molecule has 4 heterocycles. The summed E-state index contributed by atoms with van der Waals surface area (Å²) in [5.74, 6) is 0.300. The third-order valence-electron chi connectivity index (χ3n) is 7.12. The van der Waals surface area contributed by atoms with E-state index in [1.165, 1.54) is 37.2 Å². The summed E-state index contributed by atoms with van der Waals surface area (Å²) in [6.45, 7) is -0.128. The largest absolute Gasteiger partial charge is 0.481 e. The maximum absolute atomic E-state index is 14.8. The highest BCUT2D eigenvalue weighted by Crippen LogP contribution is 2.45. The number of nitrogens with one attached hydrogen (secondary N) is 1. The second-order valence-electron chi connectivity index (χ2n) is 9.95. The molecule has 5 aromatic rings. The van der Waals surface area contributed by atoms with Gasteiger partial charge in [-0.1, -0.05) is 12.1 Å². The second kappa shape index (κ2) is 10.9. The summed E-state index contributed by atoms with van der Waals surface area (Å²) in [7, 11) is 2.63. The number of hydrogen-bond acceptors (Lipinski definition) is 8. The molecule has 0 bridgehead atoms. The lowest BCUT2D eigenvalue weighted by Crippen LogP contribution is -2.29. The van der Waals surface area contributed by atoms with Crippen LogP contribution in [0.4, 0.5) is 26.3 Å². The molecule has 1 fully saturated rings. The van der Waals surface area contributed by atoms with Crippen molar-refractivity contribution in [1.82, 2.24) is 38.9 Å². The molecule has 44 heavy (non-hydrogen) atoms. The number of methoxy groups -OCH3 is 2. The monoisotopic (exact) mass is 619 g/mol. The van der Waals surface area contributed by atoms with Gasteiger partial charge in [-0.3, -0.25) is 14.5 Å². The number of aromatic nitrogens is 8. The summed E-state index contributed by atoms with van der Waals surface area (Å²) >= 11 is 0. The van der Waals surface area contributed by atoms with Crippen LogP contribution >= 0.6 is 0 Å². The van der Waals surface area contributed by atoms with Crippen LogP contribution in [0.1, 0.15) is 42.0 Å². The van der Waals surface area contributed by atoms with Gasteiger partial charge in [0.1, 0.15) is 17.4 Å². The molecule has 4 aromatic heterocycles. The molecule has 11 nitrogen and oxygen atoms in total. The minimum absolute atomic E-state index is 0.0106. The molecule has 1 atom stereocenters. The van der Waals surface area contributed by atoms with E-state index in [1.807, 2.05) is 0 Å². The van der Waals surface area contributed by atoms with Crippen LogP contribution < -0.4 is 15.1 Å². The third-order valence-corrected chi connectivity index (χ3v) is 7.12. The summed E-state index contributed by atoms with van der Waals surface area (Å²) in [5.41, 5.74) is -0.0904. The van der Waals surface area contributed by atoms with Gasteiger partial charge in [0.25, 0.3) is 6.43 Å². The van der Waals surface area contributed by atoms with Gasteiger partial charge in [0.2, 0.25) is 23.7 Å². The van der Waals surface area contributed by atoms with Crippen LogP contribution in [-0.4, -0.2) is 59.5 Å². The lowest BCUT2D eigenvalue weighted by molar-refractivity contribution is -0.141. The van der Waals surface area contributed by atoms with Crippen LogP contribution in [0.2, 0.25) is 0 Å². The Balaban J connectivity index is 1.44. The average Bonchev–Trinajstić information content (AvgIpc) is 3.70. The molecule has 1 N–H and O–H groups in total. The minimum atomic E-state index is -4.68. The number of halogens is 6. The van der Waals surface area contributed by atoms with Gasteiger partial charge in [-0.15, -0.1) is 0 Å². The number of ether oxygens (including phenoxy) is 2. The van der Waals surface area contributed by atoms with E-state index in [1.54, 1.807) is 12.1 Å². The van der Waals surface area contributed by atoms with Crippen LogP contribution in [0, 0.1) is 5.41 Å². The van der Waals surface area contributed by atoms with E-state index in [-0.39, 0.29) is 46.9 Å². The number of nitrogens with zero attached hydrogens (tertiary/aromatic N) is 8. The molecule has 0 aliphatic heterocycles. The van der Waals surface area contributed by atoms with Crippen molar-refractivity contribution in [3.05, 3.63) is 65.4 Å². The van der Waals surface area contributed by atoms with Gasteiger partial charge < -0.3 is 9.47 Å². The highest BCUT2D eigenvalue weighted by molar-refractivity contribution is 5.76. The molecule has 1 aliphatic carbocycles. The minimum Gasteiger partial charge on any atom is -0.481 e. The Labute approximate surface area is 244 Å². The summed E-state index contributed by atoms with van der Waals surface area (Å²) in [5, 5.41) is 12.2. The van der Waals surface area contributed by atoms with Crippen molar-refractivity contribution < 1.29 is 35.8 Å². The van der Waals surface area contributed by atoms with E-state index in [9.17, 15) is 26.3 Å². The molecule has 0 spiro atoms. The maximum Gasteiger partial charge on any atom is 0.435 e. The Hall–Kier alpha value is -4.96. The summed E-state index contributed by atoms with van der Waals surface area (Å²) < 4.78 is 94.7. The van der Waals surface area contributed by atoms with Crippen molar-refractivity contribution in [2.45, 2.75) is 44.2 Å². The average molecular weight is 620 g/mol. The van der Waals surface area contributed by atoms with Gasteiger partial charge in [0, 0.05) is 12.0 Å². The molecule has 1 aliphatic rings. The van der Waals surface area contributed by atoms with Crippen molar-refractivity contribution in [1.29, 1.82) is 5.41 Å².